The van der Waals surface area contributed by atoms with Gasteiger partial charge >= 0.3 is 0 Å². The van der Waals surface area contributed by atoms with Crippen LogP contribution in [0.4, 0.5) is 0 Å². The smallest absolute Gasteiger partial charge is 0.221 e. The Morgan fingerprint density at radius 2 is 2.29 bits per heavy atom. The normalized spacial score (nSPS) is 16.0. The van der Waals surface area contributed by atoms with E-state index in [4.69, 9.17) is 16.9 Å². The van der Waals surface area contributed by atoms with E-state index in [9.17, 15) is 4.79 Å². The molecule has 0 bridgehead atoms. The third kappa shape index (κ3) is 3.21. The summed E-state index contributed by atoms with van der Waals surface area (Å²) in [4.78, 5) is 11.6. The quantitative estimate of drug-likeness (QED) is 0.890. The molecule has 0 aliphatic heterocycles. The van der Waals surface area contributed by atoms with Crippen molar-refractivity contribution in [1.29, 1.82) is 5.26 Å². The zero-order valence-electron chi connectivity index (χ0n) is 9.37. The molecule has 1 aromatic rings. The number of nitrogens with one attached hydrogen (secondary N) is 1. The zero-order chi connectivity index (χ0) is 12.3. The highest BCUT2D eigenvalue weighted by Gasteiger charge is 2.44. The fraction of sp³-hybridized carbons (Fsp3) is 0.385. The molecule has 88 valence electrons. The van der Waals surface area contributed by atoms with E-state index in [-0.39, 0.29) is 5.91 Å². The predicted octanol–water partition coefficient (Wildman–Crippen LogP) is 2.44. The maximum absolute atomic E-state index is 11.6. The highest BCUT2D eigenvalue weighted by Crippen LogP contribution is 2.34. The second kappa shape index (κ2) is 4.77. The van der Waals surface area contributed by atoms with E-state index in [1.165, 1.54) is 0 Å². The number of amides is 1. The second-order valence-electron chi connectivity index (χ2n) is 4.37. The van der Waals surface area contributed by atoms with E-state index < -0.39 is 5.54 Å². The Morgan fingerprint density at radius 3 is 2.88 bits per heavy atom. The standard InChI is InChI=1S/C13H13ClN2O/c14-11-3-1-2-10(8-11)4-5-12(17)16-13(9-15)6-7-13/h1-3,8H,4-7H2,(H,16,17). The van der Waals surface area contributed by atoms with Crippen molar-refractivity contribution in [1.82, 2.24) is 5.32 Å². The van der Waals surface area contributed by atoms with Crippen LogP contribution in [-0.2, 0) is 11.2 Å². The van der Waals surface area contributed by atoms with Crippen molar-refractivity contribution in [2.24, 2.45) is 0 Å². The number of rotatable bonds is 4. The number of nitrogens with zero attached hydrogens (tertiary/aromatic N) is 1. The summed E-state index contributed by atoms with van der Waals surface area (Å²) in [5.74, 6) is -0.0657. The number of halogens is 1. The van der Waals surface area contributed by atoms with Gasteiger partial charge in [-0.2, -0.15) is 5.26 Å². The molecule has 0 unspecified atom stereocenters. The Balaban J connectivity index is 1.83. The van der Waals surface area contributed by atoms with Gasteiger partial charge in [0.2, 0.25) is 5.91 Å². The first-order valence-electron chi connectivity index (χ1n) is 5.60. The van der Waals surface area contributed by atoms with Gasteiger partial charge in [-0.05, 0) is 37.0 Å². The number of aryl methyl sites for hydroxylation is 1. The lowest BCUT2D eigenvalue weighted by Crippen LogP contribution is -2.35. The van der Waals surface area contributed by atoms with Crippen LogP contribution in [0, 0.1) is 11.3 Å². The lowest BCUT2D eigenvalue weighted by atomic mass is 10.1. The van der Waals surface area contributed by atoms with Crippen molar-refractivity contribution in [3.63, 3.8) is 0 Å². The number of carbonyl (C=O) groups is 1. The highest BCUT2D eigenvalue weighted by molar-refractivity contribution is 6.30. The van der Waals surface area contributed by atoms with Crippen molar-refractivity contribution < 1.29 is 4.79 Å². The van der Waals surface area contributed by atoms with Gasteiger partial charge in [-0.1, -0.05) is 23.7 Å². The molecular weight excluding hydrogens is 236 g/mol. The van der Waals surface area contributed by atoms with Gasteiger partial charge in [0.05, 0.1) is 6.07 Å². The minimum absolute atomic E-state index is 0.0657. The Hall–Kier alpha value is -1.53. The van der Waals surface area contributed by atoms with Crippen molar-refractivity contribution in [2.45, 2.75) is 31.2 Å². The van der Waals surface area contributed by atoms with Crippen LogP contribution in [0.15, 0.2) is 24.3 Å². The van der Waals surface area contributed by atoms with E-state index in [0.29, 0.717) is 17.9 Å². The third-order valence-electron chi connectivity index (χ3n) is 2.87. The lowest BCUT2D eigenvalue weighted by Gasteiger charge is -2.08. The summed E-state index contributed by atoms with van der Waals surface area (Å²) in [6.07, 6.45) is 2.58. The topological polar surface area (TPSA) is 52.9 Å². The Bertz CT molecular complexity index is 475. The van der Waals surface area contributed by atoms with Crippen molar-refractivity contribution in [3.8, 4) is 6.07 Å². The average Bonchev–Trinajstić information content (AvgIpc) is 3.07. The van der Waals surface area contributed by atoms with E-state index >= 15 is 0 Å². The van der Waals surface area contributed by atoms with Gasteiger partial charge < -0.3 is 5.32 Å². The van der Waals surface area contributed by atoms with Crippen LogP contribution in [0.5, 0.6) is 0 Å². The summed E-state index contributed by atoms with van der Waals surface area (Å²) < 4.78 is 0. The number of hydrogen-bond donors (Lipinski definition) is 1. The number of hydrogen-bond acceptors (Lipinski definition) is 2. The summed E-state index contributed by atoms with van der Waals surface area (Å²) in [6, 6.07) is 9.61. The van der Waals surface area contributed by atoms with Gasteiger partial charge in [0.15, 0.2) is 0 Å². The van der Waals surface area contributed by atoms with Crippen LogP contribution < -0.4 is 5.32 Å². The SMILES string of the molecule is N#CC1(NC(=O)CCc2cccc(Cl)c2)CC1. The molecule has 1 aromatic carbocycles. The summed E-state index contributed by atoms with van der Waals surface area (Å²) in [6.45, 7) is 0. The van der Waals surface area contributed by atoms with Gasteiger partial charge in [-0.15, -0.1) is 0 Å². The molecule has 1 aliphatic carbocycles. The molecule has 0 spiro atoms. The third-order valence-corrected chi connectivity index (χ3v) is 3.11. The fourth-order valence-corrected chi connectivity index (χ4v) is 1.88. The first-order valence-corrected chi connectivity index (χ1v) is 5.98. The molecule has 1 fully saturated rings. The molecule has 0 heterocycles. The lowest BCUT2D eigenvalue weighted by molar-refractivity contribution is -0.121. The summed E-state index contributed by atoms with van der Waals surface area (Å²) in [5, 5.41) is 12.3. The summed E-state index contributed by atoms with van der Waals surface area (Å²) >= 11 is 5.86. The largest absolute Gasteiger partial charge is 0.338 e. The van der Waals surface area contributed by atoms with Gasteiger partial charge in [0, 0.05) is 11.4 Å². The van der Waals surface area contributed by atoms with Gasteiger partial charge in [-0.3, -0.25) is 4.79 Å². The van der Waals surface area contributed by atoms with Crippen molar-refractivity contribution >= 4 is 17.5 Å². The number of benzene rings is 1. The monoisotopic (exact) mass is 248 g/mol. The van der Waals surface area contributed by atoms with E-state index in [1.807, 2.05) is 18.2 Å². The Labute approximate surface area is 105 Å². The molecule has 1 aliphatic rings. The Morgan fingerprint density at radius 1 is 1.53 bits per heavy atom. The molecule has 0 radical (unpaired) electrons. The molecule has 0 atom stereocenters. The molecule has 1 amide bonds. The van der Waals surface area contributed by atoms with Gasteiger partial charge in [0.25, 0.3) is 0 Å². The van der Waals surface area contributed by atoms with E-state index in [2.05, 4.69) is 11.4 Å². The zero-order valence-corrected chi connectivity index (χ0v) is 10.1. The molecule has 4 heteroatoms. The molecule has 1 N–H and O–H groups in total. The van der Waals surface area contributed by atoms with Crippen molar-refractivity contribution in [2.75, 3.05) is 0 Å². The number of carbonyl (C=O) groups excluding carboxylic acids is 1. The minimum atomic E-state index is -0.564. The first kappa shape index (κ1) is 11.9. The van der Waals surface area contributed by atoms with E-state index in [1.54, 1.807) is 6.07 Å². The summed E-state index contributed by atoms with van der Waals surface area (Å²) in [5.41, 5.74) is 0.472. The van der Waals surface area contributed by atoms with Crippen LogP contribution in [0.25, 0.3) is 0 Å². The minimum Gasteiger partial charge on any atom is -0.338 e. The molecule has 3 nitrogen and oxygen atoms in total. The van der Waals surface area contributed by atoms with E-state index in [0.717, 1.165) is 18.4 Å². The molecule has 1 saturated carbocycles. The fourth-order valence-electron chi connectivity index (χ4n) is 1.67. The summed E-state index contributed by atoms with van der Waals surface area (Å²) in [7, 11) is 0. The van der Waals surface area contributed by atoms with Crippen molar-refractivity contribution in [3.05, 3.63) is 34.9 Å². The molecule has 0 saturated heterocycles. The van der Waals surface area contributed by atoms with Crippen LogP contribution >= 0.6 is 11.6 Å². The van der Waals surface area contributed by atoms with Crippen LogP contribution in [0.3, 0.4) is 0 Å². The highest BCUT2D eigenvalue weighted by atomic mass is 35.5. The molecule has 0 aromatic heterocycles. The van der Waals surface area contributed by atoms with Crippen LogP contribution in [0.1, 0.15) is 24.8 Å². The van der Waals surface area contributed by atoms with Gasteiger partial charge in [-0.25, -0.2) is 0 Å². The number of nitriles is 1. The molecular formula is C13H13ClN2O. The average molecular weight is 249 g/mol. The molecule has 17 heavy (non-hydrogen) atoms. The van der Waals surface area contributed by atoms with Gasteiger partial charge in [0.1, 0.15) is 5.54 Å². The predicted molar refractivity (Wildman–Crippen MR) is 65.5 cm³/mol. The van der Waals surface area contributed by atoms with Crippen LogP contribution in [-0.4, -0.2) is 11.4 Å². The van der Waals surface area contributed by atoms with Crippen LogP contribution in [0.2, 0.25) is 5.02 Å². The first-order chi connectivity index (χ1) is 8.13. The Kier molecular flexibility index (Phi) is 3.35. The maximum Gasteiger partial charge on any atom is 0.221 e. The second-order valence-corrected chi connectivity index (χ2v) is 4.81. The molecule has 2 rings (SSSR count). The maximum atomic E-state index is 11.6.